The lowest BCUT2D eigenvalue weighted by atomic mass is 9.98. The molecule has 3 unspecified atom stereocenters. The summed E-state index contributed by atoms with van der Waals surface area (Å²) in [6.07, 6.45) is 1.25. The lowest BCUT2D eigenvalue weighted by Crippen LogP contribution is -2.32. The number of nitrogens with one attached hydrogen (secondary N) is 1. The van der Waals surface area contributed by atoms with Crippen LogP contribution in [0.2, 0.25) is 0 Å². The molecule has 2 N–H and O–H groups in total. The Hall–Kier alpha value is -1.65. The first-order chi connectivity index (χ1) is 10.9. The molecule has 0 radical (unpaired) electrons. The fourth-order valence-electron chi connectivity index (χ4n) is 3.26. The first-order valence-corrected chi connectivity index (χ1v) is 8.43. The molecule has 2 aromatic rings. The van der Waals surface area contributed by atoms with Gasteiger partial charge in [0.1, 0.15) is 0 Å². The predicted molar refractivity (Wildman–Crippen MR) is 94.3 cm³/mol. The molecule has 1 heterocycles. The third-order valence-electron chi connectivity index (χ3n) is 4.57. The number of nitrogens with zero attached hydrogens (tertiary/aromatic N) is 2. The van der Waals surface area contributed by atoms with Crippen LogP contribution in [0.25, 0.3) is 0 Å². The van der Waals surface area contributed by atoms with Gasteiger partial charge in [-0.1, -0.05) is 37.3 Å². The minimum Gasteiger partial charge on any atom is -0.388 e. The second-order valence-corrected chi connectivity index (χ2v) is 6.40. The van der Waals surface area contributed by atoms with Gasteiger partial charge in [0.2, 0.25) is 0 Å². The van der Waals surface area contributed by atoms with E-state index < -0.39 is 6.10 Å². The Morgan fingerprint density at radius 2 is 1.87 bits per heavy atom. The third-order valence-corrected chi connectivity index (χ3v) is 4.57. The van der Waals surface area contributed by atoms with Crippen molar-refractivity contribution in [3.05, 3.63) is 52.8 Å². The topological polar surface area (TPSA) is 50.1 Å². The fourth-order valence-corrected chi connectivity index (χ4v) is 3.26. The van der Waals surface area contributed by atoms with E-state index in [1.807, 2.05) is 42.1 Å². The van der Waals surface area contributed by atoms with Crippen molar-refractivity contribution in [1.82, 2.24) is 15.1 Å². The lowest BCUT2D eigenvalue weighted by Gasteiger charge is -2.25. The molecule has 126 valence electrons. The minimum atomic E-state index is -0.438. The zero-order chi connectivity index (χ0) is 17.0. The van der Waals surface area contributed by atoms with Crippen molar-refractivity contribution in [2.24, 2.45) is 7.05 Å². The highest BCUT2D eigenvalue weighted by Crippen LogP contribution is 2.26. The third kappa shape index (κ3) is 4.21. The molecule has 0 saturated carbocycles. The average molecular weight is 315 g/mol. The van der Waals surface area contributed by atoms with E-state index in [2.05, 4.69) is 38.1 Å². The summed E-state index contributed by atoms with van der Waals surface area (Å²) in [5, 5.41) is 18.6. The number of aromatic nitrogens is 2. The summed E-state index contributed by atoms with van der Waals surface area (Å²) in [7, 11) is 1.99. The Labute approximate surface area is 139 Å². The molecule has 4 heteroatoms. The van der Waals surface area contributed by atoms with Crippen molar-refractivity contribution >= 4 is 0 Å². The number of rotatable bonds is 7. The average Bonchev–Trinajstić information content (AvgIpc) is 2.79. The Morgan fingerprint density at radius 3 is 2.39 bits per heavy atom. The van der Waals surface area contributed by atoms with E-state index in [9.17, 15) is 5.11 Å². The maximum absolute atomic E-state index is 10.4. The molecule has 0 amide bonds. The zero-order valence-corrected chi connectivity index (χ0v) is 14.9. The summed E-state index contributed by atoms with van der Waals surface area (Å²) in [4.78, 5) is 0. The summed E-state index contributed by atoms with van der Waals surface area (Å²) in [6, 6.07) is 10.3. The van der Waals surface area contributed by atoms with E-state index in [0.717, 1.165) is 17.7 Å². The summed E-state index contributed by atoms with van der Waals surface area (Å²) < 4.78 is 1.94. The molecule has 0 aliphatic heterocycles. The highest BCUT2D eigenvalue weighted by molar-refractivity contribution is 5.28. The van der Waals surface area contributed by atoms with Crippen LogP contribution in [-0.4, -0.2) is 20.9 Å². The Bertz CT molecular complexity index is 621. The molecule has 0 fully saturated rings. The van der Waals surface area contributed by atoms with Gasteiger partial charge in [-0.2, -0.15) is 5.10 Å². The van der Waals surface area contributed by atoms with Gasteiger partial charge in [0.15, 0.2) is 0 Å². The van der Waals surface area contributed by atoms with Crippen molar-refractivity contribution < 1.29 is 5.11 Å². The number of aliphatic hydroxyl groups excluding tert-OH is 1. The van der Waals surface area contributed by atoms with E-state index in [1.165, 1.54) is 11.3 Å². The van der Waals surface area contributed by atoms with Crippen LogP contribution < -0.4 is 5.32 Å². The molecule has 0 aliphatic carbocycles. The summed E-state index contributed by atoms with van der Waals surface area (Å²) in [5.41, 5.74) is 4.55. The van der Waals surface area contributed by atoms with Crippen LogP contribution in [0.15, 0.2) is 30.3 Å². The van der Waals surface area contributed by atoms with Gasteiger partial charge >= 0.3 is 0 Å². The molecule has 0 aliphatic rings. The minimum absolute atomic E-state index is 0.217. The summed E-state index contributed by atoms with van der Waals surface area (Å²) in [6.45, 7) is 8.50. The van der Waals surface area contributed by atoms with Gasteiger partial charge in [-0.05, 0) is 39.2 Å². The van der Waals surface area contributed by atoms with Crippen molar-refractivity contribution in [2.75, 3.05) is 0 Å². The monoisotopic (exact) mass is 315 g/mol. The standard InChI is InChI=1S/C19H29N3O/c1-6-17(19-14(3)21-22(5)15(19)4)20-13(2)12-18(23)16-10-8-7-9-11-16/h7-11,13,17-18,20,23H,6,12H2,1-5H3. The number of aryl methyl sites for hydroxylation is 2. The van der Waals surface area contributed by atoms with Crippen molar-refractivity contribution in [2.45, 2.75) is 58.7 Å². The number of hydrogen-bond donors (Lipinski definition) is 2. The molecular weight excluding hydrogens is 286 g/mol. The molecular formula is C19H29N3O. The van der Waals surface area contributed by atoms with Crippen LogP contribution in [0.5, 0.6) is 0 Å². The fraction of sp³-hybridized carbons (Fsp3) is 0.526. The molecule has 2 rings (SSSR count). The molecule has 1 aromatic heterocycles. The highest BCUT2D eigenvalue weighted by Gasteiger charge is 2.21. The number of benzene rings is 1. The van der Waals surface area contributed by atoms with Gasteiger partial charge in [-0.25, -0.2) is 0 Å². The van der Waals surface area contributed by atoms with Crippen LogP contribution in [0, 0.1) is 13.8 Å². The van der Waals surface area contributed by atoms with E-state index in [-0.39, 0.29) is 12.1 Å². The van der Waals surface area contributed by atoms with Gasteiger partial charge < -0.3 is 10.4 Å². The molecule has 3 atom stereocenters. The van der Waals surface area contributed by atoms with Gasteiger partial charge in [0.25, 0.3) is 0 Å². The van der Waals surface area contributed by atoms with Gasteiger partial charge in [-0.15, -0.1) is 0 Å². The van der Waals surface area contributed by atoms with E-state index in [1.54, 1.807) is 0 Å². The second-order valence-electron chi connectivity index (χ2n) is 6.40. The molecule has 0 saturated heterocycles. The molecule has 0 bridgehead atoms. The summed E-state index contributed by atoms with van der Waals surface area (Å²) >= 11 is 0. The van der Waals surface area contributed by atoms with Crippen LogP contribution >= 0.6 is 0 Å². The quantitative estimate of drug-likeness (QED) is 0.821. The first kappa shape index (κ1) is 17.7. The maximum Gasteiger partial charge on any atom is 0.0804 e. The molecule has 4 nitrogen and oxygen atoms in total. The Morgan fingerprint density at radius 1 is 1.22 bits per heavy atom. The van der Waals surface area contributed by atoms with E-state index in [0.29, 0.717) is 6.42 Å². The van der Waals surface area contributed by atoms with Crippen LogP contribution in [-0.2, 0) is 7.05 Å². The van der Waals surface area contributed by atoms with Crippen molar-refractivity contribution in [1.29, 1.82) is 0 Å². The normalized spacial score (nSPS) is 15.4. The van der Waals surface area contributed by atoms with Crippen molar-refractivity contribution in [3.63, 3.8) is 0 Å². The number of hydrogen-bond acceptors (Lipinski definition) is 3. The summed E-state index contributed by atoms with van der Waals surface area (Å²) in [5.74, 6) is 0. The van der Waals surface area contributed by atoms with Crippen molar-refractivity contribution in [3.8, 4) is 0 Å². The van der Waals surface area contributed by atoms with Crippen LogP contribution in [0.1, 0.15) is 61.3 Å². The van der Waals surface area contributed by atoms with E-state index >= 15 is 0 Å². The van der Waals surface area contributed by atoms with Gasteiger partial charge in [0, 0.05) is 30.4 Å². The predicted octanol–water partition coefficient (Wildman–Crippen LogP) is 3.59. The highest BCUT2D eigenvalue weighted by atomic mass is 16.3. The van der Waals surface area contributed by atoms with Crippen LogP contribution in [0.4, 0.5) is 0 Å². The van der Waals surface area contributed by atoms with Crippen LogP contribution in [0.3, 0.4) is 0 Å². The molecule has 23 heavy (non-hydrogen) atoms. The Balaban J connectivity index is 2.04. The first-order valence-electron chi connectivity index (χ1n) is 8.43. The van der Waals surface area contributed by atoms with E-state index in [4.69, 9.17) is 0 Å². The maximum atomic E-state index is 10.4. The smallest absolute Gasteiger partial charge is 0.0804 e. The second kappa shape index (κ2) is 7.75. The molecule has 1 aromatic carbocycles. The van der Waals surface area contributed by atoms with Gasteiger partial charge in [-0.3, -0.25) is 4.68 Å². The lowest BCUT2D eigenvalue weighted by molar-refractivity contribution is 0.151. The van der Waals surface area contributed by atoms with Gasteiger partial charge in [0.05, 0.1) is 11.8 Å². The Kier molecular flexibility index (Phi) is 5.97. The number of aliphatic hydroxyl groups is 1. The largest absolute Gasteiger partial charge is 0.388 e. The SMILES string of the molecule is CCC(NC(C)CC(O)c1ccccc1)c1c(C)nn(C)c1C. The zero-order valence-electron chi connectivity index (χ0n) is 14.9. The molecule has 0 spiro atoms.